The SMILES string of the molecule is CC(Oc1ccccc1C(N)=O)c1nc(CCl)cs1. The summed E-state index contributed by atoms with van der Waals surface area (Å²) in [6, 6.07) is 6.89. The number of amides is 1. The molecule has 100 valence electrons. The molecule has 0 aliphatic heterocycles. The fourth-order valence-corrected chi connectivity index (χ4v) is 2.62. The van der Waals surface area contributed by atoms with Crippen LogP contribution in [0.3, 0.4) is 0 Å². The van der Waals surface area contributed by atoms with E-state index in [-0.39, 0.29) is 6.10 Å². The molecule has 0 fully saturated rings. The predicted molar refractivity (Wildman–Crippen MR) is 75.7 cm³/mol. The van der Waals surface area contributed by atoms with Crippen molar-refractivity contribution in [3.63, 3.8) is 0 Å². The molecule has 0 saturated carbocycles. The number of benzene rings is 1. The third-order valence-corrected chi connectivity index (χ3v) is 3.84. The summed E-state index contributed by atoms with van der Waals surface area (Å²) in [6.45, 7) is 1.87. The lowest BCUT2D eigenvalue weighted by atomic mass is 10.2. The third-order valence-electron chi connectivity index (χ3n) is 2.51. The molecule has 1 heterocycles. The van der Waals surface area contributed by atoms with Gasteiger partial charge in [-0.3, -0.25) is 4.79 Å². The summed E-state index contributed by atoms with van der Waals surface area (Å²) in [5, 5.41) is 2.71. The van der Waals surface area contributed by atoms with Crippen LogP contribution in [0.5, 0.6) is 5.75 Å². The van der Waals surface area contributed by atoms with Gasteiger partial charge in [0.1, 0.15) is 16.9 Å². The Hall–Kier alpha value is -1.59. The molecule has 2 aromatic rings. The van der Waals surface area contributed by atoms with Gasteiger partial charge in [-0.2, -0.15) is 0 Å². The summed E-state index contributed by atoms with van der Waals surface area (Å²) in [5.41, 5.74) is 6.49. The summed E-state index contributed by atoms with van der Waals surface area (Å²) < 4.78 is 5.75. The van der Waals surface area contributed by atoms with Crippen molar-refractivity contribution in [2.75, 3.05) is 0 Å². The summed E-state index contributed by atoms with van der Waals surface area (Å²) in [5.74, 6) is 0.328. The van der Waals surface area contributed by atoms with E-state index in [1.165, 1.54) is 11.3 Å². The van der Waals surface area contributed by atoms with E-state index in [9.17, 15) is 4.79 Å². The number of alkyl halides is 1. The predicted octanol–water partition coefficient (Wildman–Crippen LogP) is 3.12. The van der Waals surface area contributed by atoms with Gasteiger partial charge in [0.15, 0.2) is 0 Å². The number of rotatable bonds is 5. The van der Waals surface area contributed by atoms with Gasteiger partial charge in [-0.05, 0) is 19.1 Å². The van der Waals surface area contributed by atoms with Gasteiger partial charge >= 0.3 is 0 Å². The number of para-hydroxylation sites is 1. The number of thiazole rings is 1. The maximum atomic E-state index is 11.3. The molecule has 1 atom stereocenters. The van der Waals surface area contributed by atoms with E-state index in [1.54, 1.807) is 24.3 Å². The van der Waals surface area contributed by atoms with E-state index >= 15 is 0 Å². The standard InChI is InChI=1S/C13H13ClN2O2S/c1-8(13-16-9(6-14)7-19-13)18-11-5-3-2-4-10(11)12(15)17/h2-5,7-8H,6H2,1H3,(H2,15,17). The molecule has 19 heavy (non-hydrogen) atoms. The Kier molecular flexibility index (Phi) is 4.39. The fourth-order valence-electron chi connectivity index (χ4n) is 1.58. The molecule has 2 N–H and O–H groups in total. The number of halogens is 1. The molecule has 1 unspecified atom stereocenters. The molecule has 1 aromatic carbocycles. The number of primary amides is 1. The number of aromatic nitrogens is 1. The first-order chi connectivity index (χ1) is 9.11. The number of ether oxygens (including phenoxy) is 1. The van der Waals surface area contributed by atoms with Crippen molar-refractivity contribution in [3.8, 4) is 5.75 Å². The van der Waals surface area contributed by atoms with E-state index in [0.29, 0.717) is 17.2 Å². The lowest BCUT2D eigenvalue weighted by Gasteiger charge is -2.14. The second-order valence-corrected chi connectivity index (χ2v) is 5.09. The molecule has 1 amide bonds. The maximum absolute atomic E-state index is 11.3. The van der Waals surface area contributed by atoms with Gasteiger partial charge in [-0.15, -0.1) is 22.9 Å². The number of hydrogen-bond donors (Lipinski definition) is 1. The van der Waals surface area contributed by atoms with Crippen LogP contribution in [-0.2, 0) is 5.88 Å². The Morgan fingerprint density at radius 3 is 2.89 bits per heavy atom. The highest BCUT2D eigenvalue weighted by Crippen LogP contribution is 2.27. The first kappa shape index (κ1) is 13.8. The fraction of sp³-hybridized carbons (Fsp3) is 0.231. The number of carbonyl (C=O) groups excluding carboxylic acids is 1. The molecular weight excluding hydrogens is 284 g/mol. The van der Waals surface area contributed by atoms with Gasteiger partial charge in [0.05, 0.1) is 17.1 Å². The van der Waals surface area contributed by atoms with Gasteiger partial charge in [-0.1, -0.05) is 12.1 Å². The Balaban J connectivity index is 2.19. The highest BCUT2D eigenvalue weighted by atomic mass is 35.5. The monoisotopic (exact) mass is 296 g/mol. The second-order valence-electron chi connectivity index (χ2n) is 3.93. The molecule has 0 bridgehead atoms. The van der Waals surface area contributed by atoms with Crippen molar-refractivity contribution < 1.29 is 9.53 Å². The third kappa shape index (κ3) is 3.24. The quantitative estimate of drug-likeness (QED) is 0.862. The average Bonchev–Trinajstić information content (AvgIpc) is 2.88. The van der Waals surface area contributed by atoms with E-state index in [4.69, 9.17) is 22.1 Å². The summed E-state index contributed by atoms with van der Waals surface area (Å²) in [6.07, 6.45) is -0.262. The van der Waals surface area contributed by atoms with Gasteiger partial charge in [0.2, 0.25) is 0 Å². The summed E-state index contributed by atoms with van der Waals surface area (Å²) >= 11 is 7.19. The Bertz CT molecular complexity index is 586. The lowest BCUT2D eigenvalue weighted by Crippen LogP contribution is -2.14. The molecule has 0 saturated heterocycles. The van der Waals surface area contributed by atoms with Crippen molar-refractivity contribution in [2.45, 2.75) is 18.9 Å². The van der Waals surface area contributed by atoms with Gasteiger partial charge in [-0.25, -0.2) is 4.98 Å². The zero-order valence-corrected chi connectivity index (χ0v) is 11.9. The zero-order valence-electron chi connectivity index (χ0n) is 10.3. The number of hydrogen-bond acceptors (Lipinski definition) is 4. The van der Waals surface area contributed by atoms with E-state index in [2.05, 4.69) is 4.98 Å². The van der Waals surface area contributed by atoms with Crippen LogP contribution in [-0.4, -0.2) is 10.9 Å². The molecular formula is C13H13ClN2O2S. The smallest absolute Gasteiger partial charge is 0.252 e. The average molecular weight is 297 g/mol. The minimum absolute atomic E-state index is 0.262. The van der Waals surface area contributed by atoms with Crippen molar-refractivity contribution in [3.05, 3.63) is 45.9 Å². The van der Waals surface area contributed by atoms with Crippen molar-refractivity contribution in [1.82, 2.24) is 4.98 Å². The number of nitrogens with two attached hydrogens (primary N) is 1. The first-order valence-corrected chi connectivity index (χ1v) is 7.09. The molecule has 0 spiro atoms. The number of carbonyl (C=O) groups is 1. The molecule has 0 radical (unpaired) electrons. The van der Waals surface area contributed by atoms with Crippen LogP contribution in [0.4, 0.5) is 0 Å². The number of nitrogens with zero attached hydrogens (tertiary/aromatic N) is 1. The van der Waals surface area contributed by atoms with Crippen LogP contribution in [0, 0.1) is 0 Å². The minimum Gasteiger partial charge on any atom is -0.483 e. The largest absolute Gasteiger partial charge is 0.483 e. The minimum atomic E-state index is -0.511. The molecule has 2 rings (SSSR count). The summed E-state index contributed by atoms with van der Waals surface area (Å²) in [4.78, 5) is 15.6. The van der Waals surface area contributed by atoms with E-state index in [0.717, 1.165) is 10.7 Å². The molecule has 0 aliphatic carbocycles. The van der Waals surface area contributed by atoms with Crippen LogP contribution in [0.15, 0.2) is 29.6 Å². The van der Waals surface area contributed by atoms with E-state index in [1.807, 2.05) is 12.3 Å². The van der Waals surface area contributed by atoms with Crippen LogP contribution < -0.4 is 10.5 Å². The molecule has 1 aromatic heterocycles. The highest BCUT2D eigenvalue weighted by molar-refractivity contribution is 7.09. The normalized spacial score (nSPS) is 12.1. The Morgan fingerprint density at radius 2 is 2.26 bits per heavy atom. The van der Waals surface area contributed by atoms with Crippen LogP contribution >= 0.6 is 22.9 Å². The lowest BCUT2D eigenvalue weighted by molar-refractivity contribution is 0.0993. The van der Waals surface area contributed by atoms with Crippen molar-refractivity contribution >= 4 is 28.8 Å². The van der Waals surface area contributed by atoms with Crippen molar-refractivity contribution in [1.29, 1.82) is 0 Å². The van der Waals surface area contributed by atoms with Gasteiger partial charge in [0.25, 0.3) is 5.91 Å². The molecule has 0 aliphatic rings. The van der Waals surface area contributed by atoms with Crippen LogP contribution in [0.1, 0.15) is 34.1 Å². The topological polar surface area (TPSA) is 65.2 Å². The van der Waals surface area contributed by atoms with Crippen LogP contribution in [0.2, 0.25) is 0 Å². The maximum Gasteiger partial charge on any atom is 0.252 e. The first-order valence-electron chi connectivity index (χ1n) is 5.67. The second kappa shape index (κ2) is 6.04. The molecule has 4 nitrogen and oxygen atoms in total. The molecule has 6 heteroatoms. The highest BCUT2D eigenvalue weighted by Gasteiger charge is 2.15. The summed E-state index contributed by atoms with van der Waals surface area (Å²) in [7, 11) is 0. The Labute approximate surface area is 120 Å². The van der Waals surface area contributed by atoms with E-state index < -0.39 is 5.91 Å². The van der Waals surface area contributed by atoms with Gasteiger partial charge < -0.3 is 10.5 Å². The zero-order chi connectivity index (χ0) is 13.8. The van der Waals surface area contributed by atoms with Crippen LogP contribution in [0.25, 0.3) is 0 Å². The van der Waals surface area contributed by atoms with Gasteiger partial charge in [0, 0.05) is 5.38 Å². The Morgan fingerprint density at radius 1 is 1.53 bits per heavy atom. The van der Waals surface area contributed by atoms with Crippen molar-refractivity contribution in [2.24, 2.45) is 5.73 Å².